The van der Waals surface area contributed by atoms with E-state index in [0.717, 1.165) is 18.4 Å². The van der Waals surface area contributed by atoms with Crippen LogP contribution >= 0.6 is 0 Å². The summed E-state index contributed by atoms with van der Waals surface area (Å²) in [5.74, 6) is 0. The van der Waals surface area contributed by atoms with Gasteiger partial charge < -0.3 is 10.3 Å². The van der Waals surface area contributed by atoms with Gasteiger partial charge in [-0.05, 0) is 12.1 Å². The van der Waals surface area contributed by atoms with Gasteiger partial charge >= 0.3 is 0 Å². The molecule has 0 amide bonds. The number of sulfone groups is 1. The number of nitrogens with zero attached hydrogens (tertiary/aromatic N) is 2. The van der Waals surface area contributed by atoms with E-state index in [0.29, 0.717) is 0 Å². The van der Waals surface area contributed by atoms with Crippen molar-refractivity contribution in [1.29, 1.82) is 0 Å². The summed E-state index contributed by atoms with van der Waals surface area (Å²) in [7, 11) is -3.68. The zero-order chi connectivity index (χ0) is 14.6. The molecule has 0 saturated carbocycles. The van der Waals surface area contributed by atoms with Crippen molar-refractivity contribution in [2.75, 3.05) is 12.9 Å². The summed E-state index contributed by atoms with van der Waals surface area (Å²) in [4.78, 5) is 9.88. The maximum atomic E-state index is 11.5. The summed E-state index contributed by atoms with van der Waals surface area (Å²) in [6, 6.07) is 4.80. The molecule has 0 aliphatic carbocycles. The predicted molar refractivity (Wildman–Crippen MR) is 67.1 cm³/mol. The van der Waals surface area contributed by atoms with Gasteiger partial charge in [-0.1, -0.05) is 5.16 Å². The monoisotopic (exact) mass is 288 g/mol. The minimum absolute atomic E-state index is 0.178. The Balaban J connectivity index is 3.21. The number of rotatable bonds is 5. The first-order valence-electron chi connectivity index (χ1n) is 5.07. The van der Waals surface area contributed by atoms with Crippen LogP contribution in [-0.4, -0.2) is 47.5 Å². The zero-order valence-electron chi connectivity index (χ0n) is 9.92. The van der Waals surface area contributed by atoms with Crippen molar-refractivity contribution in [2.24, 2.45) is 5.16 Å². The number of benzene rings is 1. The largest absolute Gasteiger partial charge is 0.411 e. The van der Waals surface area contributed by atoms with E-state index in [-0.39, 0.29) is 17.0 Å². The lowest BCUT2D eigenvalue weighted by Crippen LogP contribution is -2.33. The molecule has 2 N–H and O–H groups in total. The fourth-order valence-electron chi connectivity index (χ4n) is 1.49. The van der Waals surface area contributed by atoms with Gasteiger partial charge in [-0.3, -0.25) is 10.1 Å². The number of nitro groups is 1. The van der Waals surface area contributed by atoms with Crippen LogP contribution in [0.2, 0.25) is 0 Å². The third-order valence-electron chi connectivity index (χ3n) is 2.47. The summed E-state index contributed by atoms with van der Waals surface area (Å²) in [5.41, 5.74) is -0.265. The average Bonchev–Trinajstić information content (AvgIpc) is 2.34. The minimum atomic E-state index is -3.68. The first-order valence-corrected chi connectivity index (χ1v) is 7.03. The van der Waals surface area contributed by atoms with Crippen LogP contribution in [0.1, 0.15) is 5.56 Å². The van der Waals surface area contributed by atoms with Gasteiger partial charge in [0.15, 0.2) is 9.84 Å². The van der Waals surface area contributed by atoms with Gasteiger partial charge in [0.25, 0.3) is 5.69 Å². The summed E-state index contributed by atoms with van der Waals surface area (Å²) >= 11 is 0. The number of aliphatic hydroxyl groups excluding tert-OH is 1. The number of oxime groups is 1. The van der Waals surface area contributed by atoms with E-state index < -0.39 is 26.6 Å². The van der Waals surface area contributed by atoms with Gasteiger partial charge in [-0.15, -0.1) is 0 Å². The van der Waals surface area contributed by atoms with Crippen LogP contribution in [0.25, 0.3) is 0 Å². The predicted octanol–water partition coefficient (Wildman–Crippen LogP) is 0.179. The summed E-state index contributed by atoms with van der Waals surface area (Å²) in [6.45, 7) is -0.755. The van der Waals surface area contributed by atoms with Gasteiger partial charge in [-0.25, -0.2) is 8.42 Å². The topological polar surface area (TPSA) is 130 Å². The number of nitro benzene ring substituents is 1. The van der Waals surface area contributed by atoms with Crippen molar-refractivity contribution in [3.63, 3.8) is 0 Å². The molecule has 1 rings (SSSR count). The summed E-state index contributed by atoms with van der Waals surface area (Å²) < 4.78 is 22.9. The van der Waals surface area contributed by atoms with Crippen LogP contribution in [0.4, 0.5) is 5.69 Å². The highest BCUT2D eigenvalue weighted by Crippen LogP contribution is 2.16. The Morgan fingerprint density at radius 2 is 1.95 bits per heavy atom. The second kappa shape index (κ2) is 5.76. The fourth-order valence-corrected chi connectivity index (χ4v) is 2.35. The highest BCUT2D eigenvalue weighted by molar-refractivity contribution is 7.92. The van der Waals surface area contributed by atoms with E-state index in [1.165, 1.54) is 12.1 Å². The lowest BCUT2D eigenvalue weighted by atomic mass is 10.1. The van der Waals surface area contributed by atoms with Crippen molar-refractivity contribution in [3.8, 4) is 0 Å². The number of hydrogen-bond acceptors (Lipinski definition) is 7. The standard InChI is InChI=1S/C10H12N2O6S/c1-19(17,18)9(6-13)10(11-14)7-2-4-8(5-3-7)12(15)16/h2-5,9,13-14H,6H2,1H3/b11-10-/t9-/m0/s1. The second-order valence-electron chi connectivity index (χ2n) is 3.79. The van der Waals surface area contributed by atoms with Crippen LogP contribution in [0.5, 0.6) is 0 Å². The van der Waals surface area contributed by atoms with Gasteiger partial charge in [-0.2, -0.15) is 0 Å². The highest BCUT2D eigenvalue weighted by Gasteiger charge is 2.28. The fraction of sp³-hybridized carbons (Fsp3) is 0.300. The number of hydrogen-bond donors (Lipinski definition) is 2. The molecule has 0 aliphatic heterocycles. The van der Waals surface area contributed by atoms with Crippen molar-refractivity contribution in [2.45, 2.75) is 5.25 Å². The molecular weight excluding hydrogens is 276 g/mol. The Kier molecular flexibility index (Phi) is 4.57. The summed E-state index contributed by atoms with van der Waals surface area (Å²) in [5, 5.41) is 30.0. The maximum Gasteiger partial charge on any atom is 0.269 e. The molecule has 0 unspecified atom stereocenters. The van der Waals surface area contributed by atoms with Gasteiger partial charge in [0.2, 0.25) is 0 Å². The Morgan fingerprint density at radius 1 is 1.42 bits per heavy atom. The average molecular weight is 288 g/mol. The lowest BCUT2D eigenvalue weighted by molar-refractivity contribution is -0.384. The Hall–Kier alpha value is -2.00. The van der Waals surface area contributed by atoms with Crippen LogP contribution in [0.15, 0.2) is 29.4 Å². The summed E-state index contributed by atoms with van der Waals surface area (Å²) in [6.07, 6.45) is 0.893. The molecule has 0 spiro atoms. The highest BCUT2D eigenvalue weighted by atomic mass is 32.2. The lowest BCUT2D eigenvalue weighted by Gasteiger charge is -2.13. The molecule has 0 radical (unpaired) electrons. The minimum Gasteiger partial charge on any atom is -0.411 e. The van der Waals surface area contributed by atoms with E-state index in [2.05, 4.69) is 5.16 Å². The molecule has 1 aromatic rings. The van der Waals surface area contributed by atoms with Gasteiger partial charge in [0, 0.05) is 24.0 Å². The molecule has 1 aromatic carbocycles. The Morgan fingerprint density at radius 3 is 2.26 bits per heavy atom. The molecule has 19 heavy (non-hydrogen) atoms. The van der Waals surface area contributed by atoms with Crippen LogP contribution in [0, 0.1) is 10.1 Å². The van der Waals surface area contributed by atoms with Crippen LogP contribution < -0.4 is 0 Å². The quantitative estimate of drug-likeness (QED) is 0.344. The number of non-ortho nitro benzene ring substituents is 1. The van der Waals surface area contributed by atoms with Gasteiger partial charge in [0.1, 0.15) is 11.0 Å². The molecule has 0 aromatic heterocycles. The van der Waals surface area contributed by atoms with Gasteiger partial charge in [0.05, 0.1) is 11.5 Å². The first kappa shape index (κ1) is 15.1. The Bertz CT molecular complexity index is 593. The molecule has 104 valence electrons. The van der Waals surface area contributed by atoms with E-state index >= 15 is 0 Å². The molecule has 0 heterocycles. The zero-order valence-corrected chi connectivity index (χ0v) is 10.7. The van der Waals surface area contributed by atoms with E-state index in [1.807, 2.05) is 0 Å². The second-order valence-corrected chi connectivity index (χ2v) is 6.02. The molecule has 1 atom stereocenters. The van der Waals surface area contributed by atoms with Crippen molar-refractivity contribution >= 4 is 21.2 Å². The SMILES string of the molecule is CS(=O)(=O)[C@@H](CO)/C(=N\O)c1ccc([N+](=O)[O-])cc1. The van der Waals surface area contributed by atoms with Crippen molar-refractivity contribution < 1.29 is 23.7 Å². The molecule has 8 nitrogen and oxygen atoms in total. The third-order valence-corrected chi connectivity index (χ3v) is 3.88. The molecule has 0 aliphatic rings. The smallest absolute Gasteiger partial charge is 0.269 e. The Labute approximate surface area is 109 Å². The van der Waals surface area contributed by atoms with E-state index in [4.69, 9.17) is 10.3 Å². The third kappa shape index (κ3) is 3.48. The molecule has 9 heteroatoms. The number of aliphatic hydroxyl groups is 1. The van der Waals surface area contributed by atoms with E-state index in [9.17, 15) is 18.5 Å². The normalized spacial score (nSPS) is 14.1. The van der Waals surface area contributed by atoms with E-state index in [1.54, 1.807) is 0 Å². The molecule has 0 bridgehead atoms. The van der Waals surface area contributed by atoms with Crippen LogP contribution in [-0.2, 0) is 9.84 Å². The molecular formula is C10H12N2O6S. The molecule has 0 fully saturated rings. The van der Waals surface area contributed by atoms with Crippen molar-refractivity contribution in [3.05, 3.63) is 39.9 Å². The first-order chi connectivity index (χ1) is 8.81. The van der Waals surface area contributed by atoms with Crippen molar-refractivity contribution in [1.82, 2.24) is 0 Å². The van der Waals surface area contributed by atoms with Crippen LogP contribution in [0.3, 0.4) is 0 Å². The maximum absolute atomic E-state index is 11.5. The molecule has 0 saturated heterocycles.